The van der Waals surface area contributed by atoms with Gasteiger partial charge in [0.25, 0.3) is 0 Å². The van der Waals surface area contributed by atoms with Gasteiger partial charge in [0.1, 0.15) is 0 Å². The van der Waals surface area contributed by atoms with E-state index in [9.17, 15) is 5.11 Å². The molecule has 0 radical (unpaired) electrons. The van der Waals surface area contributed by atoms with E-state index in [0.29, 0.717) is 11.2 Å². The Labute approximate surface area is 86.3 Å². The van der Waals surface area contributed by atoms with Gasteiger partial charge in [0.15, 0.2) is 0 Å². The zero-order valence-electron chi connectivity index (χ0n) is 8.83. The second-order valence-corrected chi connectivity index (χ2v) is 5.32. The van der Waals surface area contributed by atoms with Crippen LogP contribution in [0.4, 0.5) is 0 Å². The van der Waals surface area contributed by atoms with E-state index in [1.807, 2.05) is 11.8 Å². The molecule has 1 aliphatic rings. The van der Waals surface area contributed by atoms with Crippen molar-refractivity contribution in [2.24, 2.45) is 5.92 Å². The molecule has 0 aromatic rings. The Balaban J connectivity index is 2.38. The number of aliphatic hydroxyl groups excluding tert-OH is 1. The highest BCUT2D eigenvalue weighted by Crippen LogP contribution is 2.32. The van der Waals surface area contributed by atoms with Crippen LogP contribution < -0.4 is 0 Å². The van der Waals surface area contributed by atoms with Crippen molar-refractivity contribution in [3.8, 4) is 0 Å². The van der Waals surface area contributed by atoms with Crippen molar-refractivity contribution in [3.05, 3.63) is 0 Å². The van der Waals surface area contributed by atoms with Crippen molar-refractivity contribution >= 4 is 11.8 Å². The number of hydrogen-bond acceptors (Lipinski definition) is 2. The third kappa shape index (κ3) is 3.17. The summed E-state index contributed by atoms with van der Waals surface area (Å²) >= 11 is 1.98. The summed E-state index contributed by atoms with van der Waals surface area (Å²) in [6.07, 6.45) is 6.07. The molecule has 13 heavy (non-hydrogen) atoms. The summed E-state index contributed by atoms with van der Waals surface area (Å²) in [5.74, 6) is 1.78. The molecule has 1 rings (SSSR count). The molecule has 1 N–H and O–H groups in total. The minimum Gasteiger partial charge on any atom is -0.392 e. The minimum atomic E-state index is -0.0553. The van der Waals surface area contributed by atoms with Gasteiger partial charge < -0.3 is 5.11 Å². The molecular formula is C11H22OS. The summed E-state index contributed by atoms with van der Waals surface area (Å²) < 4.78 is 0. The van der Waals surface area contributed by atoms with Gasteiger partial charge in [-0.1, -0.05) is 33.1 Å². The van der Waals surface area contributed by atoms with Crippen molar-refractivity contribution in [2.75, 3.05) is 5.75 Å². The Bertz CT molecular complexity index is 128. The fourth-order valence-corrected chi connectivity index (χ4v) is 3.54. The lowest BCUT2D eigenvalue weighted by Crippen LogP contribution is -2.32. The summed E-state index contributed by atoms with van der Waals surface area (Å²) in [4.78, 5) is 0. The van der Waals surface area contributed by atoms with E-state index in [0.717, 1.165) is 12.8 Å². The van der Waals surface area contributed by atoms with Crippen molar-refractivity contribution in [2.45, 2.75) is 57.3 Å². The molecule has 1 aliphatic heterocycles. The summed E-state index contributed by atoms with van der Waals surface area (Å²) in [5.41, 5.74) is 0. The van der Waals surface area contributed by atoms with Crippen molar-refractivity contribution in [1.82, 2.24) is 0 Å². The second kappa shape index (κ2) is 5.92. The molecule has 0 aliphatic carbocycles. The van der Waals surface area contributed by atoms with E-state index in [2.05, 4.69) is 13.8 Å². The van der Waals surface area contributed by atoms with Gasteiger partial charge in [-0.25, -0.2) is 0 Å². The normalized spacial score (nSPS) is 26.3. The van der Waals surface area contributed by atoms with Gasteiger partial charge >= 0.3 is 0 Å². The summed E-state index contributed by atoms with van der Waals surface area (Å²) in [6.45, 7) is 4.37. The van der Waals surface area contributed by atoms with E-state index in [1.165, 1.54) is 25.0 Å². The molecular weight excluding hydrogens is 180 g/mol. The van der Waals surface area contributed by atoms with Gasteiger partial charge in [-0.3, -0.25) is 0 Å². The van der Waals surface area contributed by atoms with Crippen molar-refractivity contribution < 1.29 is 5.11 Å². The second-order valence-electron chi connectivity index (χ2n) is 3.97. The average molecular weight is 202 g/mol. The molecule has 2 heteroatoms. The van der Waals surface area contributed by atoms with Crippen LogP contribution in [-0.2, 0) is 0 Å². The van der Waals surface area contributed by atoms with Gasteiger partial charge in [0.05, 0.1) is 6.10 Å². The summed E-state index contributed by atoms with van der Waals surface area (Å²) in [7, 11) is 0. The lowest BCUT2D eigenvalue weighted by molar-refractivity contribution is 0.0962. The Kier molecular flexibility index (Phi) is 5.18. The van der Waals surface area contributed by atoms with E-state index < -0.39 is 0 Å². The molecule has 1 fully saturated rings. The average Bonchev–Trinajstić information content (AvgIpc) is 2.21. The molecule has 2 unspecified atom stereocenters. The largest absolute Gasteiger partial charge is 0.392 e. The lowest BCUT2D eigenvalue weighted by atomic mass is 9.92. The molecule has 78 valence electrons. The van der Waals surface area contributed by atoms with E-state index >= 15 is 0 Å². The predicted molar refractivity (Wildman–Crippen MR) is 60.2 cm³/mol. The van der Waals surface area contributed by atoms with Gasteiger partial charge in [-0.15, -0.1) is 0 Å². The van der Waals surface area contributed by atoms with E-state index in [1.54, 1.807) is 0 Å². The van der Waals surface area contributed by atoms with Crippen LogP contribution in [0.5, 0.6) is 0 Å². The van der Waals surface area contributed by atoms with Gasteiger partial charge in [-0.05, 0) is 24.5 Å². The maximum absolute atomic E-state index is 10.1. The molecule has 1 nitrogen and oxygen atoms in total. The van der Waals surface area contributed by atoms with Gasteiger partial charge in [0, 0.05) is 5.25 Å². The first-order valence-corrected chi connectivity index (χ1v) is 6.64. The quantitative estimate of drug-likeness (QED) is 0.756. The van der Waals surface area contributed by atoms with Crippen LogP contribution in [0, 0.1) is 5.92 Å². The van der Waals surface area contributed by atoms with E-state index in [-0.39, 0.29) is 6.10 Å². The van der Waals surface area contributed by atoms with Crippen LogP contribution in [-0.4, -0.2) is 22.2 Å². The van der Waals surface area contributed by atoms with Crippen LogP contribution in [0.15, 0.2) is 0 Å². The molecule has 1 heterocycles. The summed E-state index contributed by atoms with van der Waals surface area (Å²) in [5, 5.41) is 10.6. The third-order valence-corrected chi connectivity index (χ3v) is 4.59. The third-order valence-electron chi connectivity index (χ3n) is 3.13. The first kappa shape index (κ1) is 11.4. The van der Waals surface area contributed by atoms with Gasteiger partial charge in [-0.2, -0.15) is 11.8 Å². The van der Waals surface area contributed by atoms with Crippen LogP contribution in [0.1, 0.15) is 46.0 Å². The van der Waals surface area contributed by atoms with Crippen molar-refractivity contribution in [1.29, 1.82) is 0 Å². The SMILES string of the molecule is CCC(CC)C(O)C1CCCCS1. The van der Waals surface area contributed by atoms with Crippen molar-refractivity contribution in [3.63, 3.8) is 0 Å². The fraction of sp³-hybridized carbons (Fsp3) is 1.00. The molecule has 0 amide bonds. The Hall–Kier alpha value is 0.310. The monoisotopic (exact) mass is 202 g/mol. The highest BCUT2D eigenvalue weighted by molar-refractivity contribution is 8.00. The predicted octanol–water partition coefficient (Wildman–Crippen LogP) is 3.07. The highest BCUT2D eigenvalue weighted by atomic mass is 32.2. The van der Waals surface area contributed by atoms with Crippen LogP contribution in [0.3, 0.4) is 0 Å². The smallest absolute Gasteiger partial charge is 0.0686 e. The maximum atomic E-state index is 10.1. The topological polar surface area (TPSA) is 20.2 Å². The molecule has 0 aromatic carbocycles. The Morgan fingerprint density at radius 1 is 1.31 bits per heavy atom. The molecule has 0 saturated carbocycles. The molecule has 0 aromatic heterocycles. The minimum absolute atomic E-state index is 0.0553. The summed E-state index contributed by atoms with van der Waals surface area (Å²) in [6, 6.07) is 0. The fourth-order valence-electron chi connectivity index (χ4n) is 2.11. The Morgan fingerprint density at radius 3 is 2.46 bits per heavy atom. The van der Waals surface area contributed by atoms with Crippen LogP contribution in [0.2, 0.25) is 0 Å². The molecule has 1 saturated heterocycles. The molecule has 0 bridgehead atoms. The first-order valence-electron chi connectivity index (χ1n) is 5.59. The van der Waals surface area contributed by atoms with Crippen LogP contribution >= 0.6 is 11.8 Å². The van der Waals surface area contributed by atoms with Gasteiger partial charge in [0.2, 0.25) is 0 Å². The molecule has 2 atom stereocenters. The maximum Gasteiger partial charge on any atom is 0.0686 e. The lowest BCUT2D eigenvalue weighted by Gasteiger charge is -2.30. The number of hydrogen-bond donors (Lipinski definition) is 1. The molecule has 0 spiro atoms. The zero-order chi connectivity index (χ0) is 9.68. The standard InChI is InChI=1S/C11H22OS/c1-3-9(4-2)11(12)10-7-5-6-8-13-10/h9-12H,3-8H2,1-2H3. The highest BCUT2D eigenvalue weighted by Gasteiger charge is 2.27. The number of rotatable bonds is 4. The zero-order valence-corrected chi connectivity index (χ0v) is 9.65. The van der Waals surface area contributed by atoms with E-state index in [4.69, 9.17) is 0 Å². The Morgan fingerprint density at radius 2 is 2.00 bits per heavy atom. The first-order chi connectivity index (χ1) is 6.29. The van der Waals surface area contributed by atoms with Crippen LogP contribution in [0.25, 0.3) is 0 Å². The number of thioether (sulfide) groups is 1. The number of aliphatic hydroxyl groups is 1.